The van der Waals surface area contributed by atoms with Gasteiger partial charge in [0.1, 0.15) is 5.75 Å². The number of benzene rings is 1. The average Bonchev–Trinajstić information content (AvgIpc) is 3.29. The van der Waals surface area contributed by atoms with Crippen LogP contribution >= 0.6 is 11.6 Å². The number of nitrogens with zero attached hydrogens (tertiary/aromatic N) is 1. The minimum absolute atomic E-state index is 0.0160. The van der Waals surface area contributed by atoms with E-state index in [1.807, 2.05) is 0 Å². The van der Waals surface area contributed by atoms with Crippen LogP contribution in [0.1, 0.15) is 18.4 Å². The number of aryl methyl sites for hydroxylation is 1. The van der Waals surface area contributed by atoms with Gasteiger partial charge in [0.2, 0.25) is 15.9 Å². The second-order valence-corrected chi connectivity index (χ2v) is 7.99. The Morgan fingerprint density at radius 3 is 2.61 bits per heavy atom. The molecule has 0 atom stereocenters. The van der Waals surface area contributed by atoms with E-state index in [1.165, 1.54) is 11.4 Å². The molecule has 1 amide bonds. The van der Waals surface area contributed by atoms with Gasteiger partial charge in [-0.2, -0.15) is 0 Å². The van der Waals surface area contributed by atoms with Gasteiger partial charge in [-0.25, -0.2) is 8.42 Å². The molecule has 0 unspecified atom stereocenters. The summed E-state index contributed by atoms with van der Waals surface area (Å²) in [5.41, 5.74) is 1.16. The maximum atomic E-state index is 12.1. The van der Waals surface area contributed by atoms with Crippen LogP contribution in [0.2, 0.25) is 5.02 Å². The number of nitrogens with one attached hydrogen (secondary N) is 1. The summed E-state index contributed by atoms with van der Waals surface area (Å²) in [7, 11) is -2.07. The number of methoxy groups -OCH3 is 1. The van der Waals surface area contributed by atoms with Gasteiger partial charge in [0.25, 0.3) is 0 Å². The van der Waals surface area contributed by atoms with Gasteiger partial charge in [-0.15, -0.1) is 0 Å². The molecule has 0 radical (unpaired) electrons. The molecule has 1 aliphatic rings. The minimum atomic E-state index is -3.52. The minimum Gasteiger partial charge on any atom is -0.494 e. The third-order valence-electron chi connectivity index (χ3n) is 3.69. The molecule has 1 fully saturated rings. The molecule has 0 heterocycles. The zero-order chi connectivity index (χ0) is 17.2. The number of hydrogen-bond donors (Lipinski definition) is 1. The molecule has 1 aromatic rings. The van der Waals surface area contributed by atoms with E-state index in [9.17, 15) is 13.2 Å². The van der Waals surface area contributed by atoms with E-state index >= 15 is 0 Å². The largest absolute Gasteiger partial charge is 0.494 e. The molecule has 0 aliphatic heterocycles. The van der Waals surface area contributed by atoms with Gasteiger partial charge in [-0.3, -0.25) is 9.10 Å². The maximum absolute atomic E-state index is 12.1. The molecule has 0 bridgehead atoms. The molecular weight excluding hydrogens is 340 g/mol. The second kappa shape index (κ2) is 6.97. The van der Waals surface area contributed by atoms with Gasteiger partial charge in [-0.1, -0.05) is 11.6 Å². The number of carbonyl (C=O) groups is 1. The van der Waals surface area contributed by atoms with Crippen LogP contribution in [0.4, 0.5) is 5.69 Å². The van der Waals surface area contributed by atoms with Crippen LogP contribution in [0.3, 0.4) is 0 Å². The smallest absolute Gasteiger partial charge is 0.232 e. The molecule has 1 aromatic carbocycles. The quantitative estimate of drug-likeness (QED) is 0.806. The summed E-state index contributed by atoms with van der Waals surface area (Å²) in [6.07, 6.45) is 2.94. The number of anilines is 1. The molecule has 1 N–H and O–H groups in total. The highest BCUT2D eigenvalue weighted by Gasteiger charge is 2.29. The third kappa shape index (κ3) is 4.51. The lowest BCUT2D eigenvalue weighted by Gasteiger charge is -2.25. The molecule has 0 spiro atoms. The summed E-state index contributed by atoms with van der Waals surface area (Å²) in [6.45, 7) is 2.17. The van der Waals surface area contributed by atoms with Gasteiger partial charge < -0.3 is 10.1 Å². The van der Waals surface area contributed by atoms with Crippen molar-refractivity contribution in [1.29, 1.82) is 0 Å². The number of hydrogen-bond acceptors (Lipinski definition) is 4. The van der Waals surface area contributed by atoms with E-state index in [0.717, 1.165) is 24.7 Å². The van der Waals surface area contributed by atoms with E-state index in [0.29, 0.717) is 16.5 Å². The Morgan fingerprint density at radius 1 is 1.43 bits per heavy atom. The highest BCUT2D eigenvalue weighted by atomic mass is 35.5. The summed E-state index contributed by atoms with van der Waals surface area (Å²) in [6, 6.07) is 3.26. The van der Waals surface area contributed by atoms with E-state index in [1.54, 1.807) is 19.1 Å². The number of sulfonamides is 1. The van der Waals surface area contributed by atoms with Crippen molar-refractivity contribution in [2.24, 2.45) is 5.92 Å². The normalized spacial score (nSPS) is 14.4. The number of rotatable bonds is 7. The van der Waals surface area contributed by atoms with Crippen LogP contribution in [0.5, 0.6) is 5.75 Å². The average molecular weight is 361 g/mol. The van der Waals surface area contributed by atoms with Crippen molar-refractivity contribution in [3.63, 3.8) is 0 Å². The fourth-order valence-corrected chi connectivity index (χ4v) is 3.32. The number of halogens is 1. The molecule has 0 saturated heterocycles. The fourth-order valence-electron chi connectivity index (χ4n) is 2.24. The van der Waals surface area contributed by atoms with Crippen LogP contribution < -0.4 is 14.4 Å². The van der Waals surface area contributed by atoms with Gasteiger partial charge in [0.05, 0.1) is 25.6 Å². The molecule has 0 aromatic heterocycles. The Balaban J connectivity index is 2.21. The highest BCUT2D eigenvalue weighted by Crippen LogP contribution is 2.35. The molecule has 23 heavy (non-hydrogen) atoms. The first kappa shape index (κ1) is 17.9. The molecular formula is C15H21ClN2O4S. The van der Waals surface area contributed by atoms with Gasteiger partial charge >= 0.3 is 0 Å². The lowest BCUT2D eigenvalue weighted by Crippen LogP contribution is -2.38. The monoisotopic (exact) mass is 360 g/mol. The van der Waals surface area contributed by atoms with Gasteiger partial charge in [0, 0.05) is 23.6 Å². The van der Waals surface area contributed by atoms with E-state index in [-0.39, 0.29) is 24.9 Å². The van der Waals surface area contributed by atoms with Crippen LogP contribution in [-0.2, 0) is 14.8 Å². The van der Waals surface area contributed by atoms with Crippen LogP contribution in [0, 0.1) is 12.8 Å². The Hall–Kier alpha value is -1.47. The summed E-state index contributed by atoms with van der Waals surface area (Å²) in [5, 5.41) is 3.27. The molecule has 2 rings (SSSR count). The second-order valence-electron chi connectivity index (χ2n) is 5.67. The molecule has 1 saturated carbocycles. The Labute approximate surface area is 141 Å². The maximum Gasteiger partial charge on any atom is 0.232 e. The van der Waals surface area contributed by atoms with Crippen molar-refractivity contribution in [3.05, 3.63) is 22.7 Å². The van der Waals surface area contributed by atoms with Crippen molar-refractivity contribution in [3.8, 4) is 5.75 Å². The van der Waals surface area contributed by atoms with Crippen LogP contribution in [-0.4, -0.2) is 40.8 Å². The SMILES string of the molecule is COc1cc(Cl)c(C)cc1N(CCNC(=O)C1CC1)S(C)(=O)=O. The van der Waals surface area contributed by atoms with Gasteiger partial charge in [-0.05, 0) is 31.4 Å². The first-order valence-corrected chi connectivity index (χ1v) is 9.56. The zero-order valence-corrected chi connectivity index (χ0v) is 15.0. The van der Waals surface area contributed by atoms with E-state index < -0.39 is 10.0 Å². The van der Waals surface area contributed by atoms with Crippen molar-refractivity contribution >= 4 is 33.2 Å². The Bertz CT molecular complexity index is 702. The summed E-state index contributed by atoms with van der Waals surface area (Å²) >= 11 is 6.07. The summed E-state index contributed by atoms with van der Waals surface area (Å²) in [5.74, 6) is 0.450. The molecule has 8 heteroatoms. The first-order valence-electron chi connectivity index (χ1n) is 7.33. The molecule has 1 aliphatic carbocycles. The topological polar surface area (TPSA) is 75.7 Å². The van der Waals surface area contributed by atoms with Crippen molar-refractivity contribution in [1.82, 2.24) is 5.32 Å². The zero-order valence-electron chi connectivity index (χ0n) is 13.4. The lowest BCUT2D eigenvalue weighted by molar-refractivity contribution is -0.122. The van der Waals surface area contributed by atoms with Crippen molar-refractivity contribution in [2.75, 3.05) is 30.8 Å². The van der Waals surface area contributed by atoms with Crippen molar-refractivity contribution in [2.45, 2.75) is 19.8 Å². The Kier molecular flexibility index (Phi) is 5.41. The number of amides is 1. The van der Waals surface area contributed by atoms with Crippen molar-refractivity contribution < 1.29 is 17.9 Å². The van der Waals surface area contributed by atoms with E-state index in [2.05, 4.69) is 5.32 Å². The number of ether oxygens (including phenoxy) is 1. The predicted octanol–water partition coefficient (Wildman–Crippen LogP) is 1.95. The predicted molar refractivity (Wildman–Crippen MR) is 90.7 cm³/mol. The summed E-state index contributed by atoms with van der Waals surface area (Å²) < 4.78 is 30.8. The van der Waals surface area contributed by atoms with Crippen LogP contribution in [0.25, 0.3) is 0 Å². The third-order valence-corrected chi connectivity index (χ3v) is 5.28. The number of carbonyl (C=O) groups excluding carboxylic acids is 1. The Morgan fingerprint density at radius 2 is 2.09 bits per heavy atom. The lowest BCUT2D eigenvalue weighted by atomic mass is 10.2. The first-order chi connectivity index (χ1) is 10.7. The molecule has 128 valence electrons. The van der Waals surface area contributed by atoms with Gasteiger partial charge in [0.15, 0.2) is 0 Å². The highest BCUT2D eigenvalue weighted by molar-refractivity contribution is 7.92. The fraction of sp³-hybridized carbons (Fsp3) is 0.533. The van der Waals surface area contributed by atoms with E-state index in [4.69, 9.17) is 16.3 Å². The summed E-state index contributed by atoms with van der Waals surface area (Å²) in [4.78, 5) is 11.7. The molecule has 6 nitrogen and oxygen atoms in total. The van der Waals surface area contributed by atoms with Crippen LogP contribution in [0.15, 0.2) is 12.1 Å². The standard InChI is InChI=1S/C15H21ClN2O4S/c1-10-8-13(14(22-2)9-12(10)16)18(23(3,20)21)7-6-17-15(19)11-4-5-11/h8-9,11H,4-7H2,1-3H3,(H,17,19).